The maximum atomic E-state index is 12.1. The smallest absolute Gasteiger partial charge is 0.312 e. The lowest BCUT2D eigenvalue weighted by molar-refractivity contribution is -0.138. The van der Waals surface area contributed by atoms with Gasteiger partial charge in [0.25, 0.3) is 0 Å². The van der Waals surface area contributed by atoms with E-state index in [0.29, 0.717) is 32.4 Å². The Labute approximate surface area is 220 Å². The van der Waals surface area contributed by atoms with Gasteiger partial charge in [-0.15, -0.1) is 0 Å². The van der Waals surface area contributed by atoms with Gasteiger partial charge in [0.05, 0.1) is 37.3 Å². The minimum Gasteiger partial charge on any atom is -0.481 e. The zero-order valence-electron chi connectivity index (χ0n) is 19.5. The normalized spacial score (nSPS) is 12.8. The summed E-state index contributed by atoms with van der Waals surface area (Å²) >= 11 is 13.0. The summed E-state index contributed by atoms with van der Waals surface area (Å²) in [6.45, 7) is 3.12. The average Bonchev–Trinajstić information content (AvgIpc) is 2.84. The molecule has 192 valence electrons. The molecule has 11 heteroatoms. The molecule has 2 N–H and O–H groups in total. The van der Waals surface area contributed by atoms with Crippen molar-refractivity contribution in [2.75, 3.05) is 23.4 Å². The molecular formula is C25H25Cl2NO6S2. The van der Waals surface area contributed by atoms with E-state index in [1.165, 1.54) is 36.4 Å². The summed E-state index contributed by atoms with van der Waals surface area (Å²) in [4.78, 5) is 12.2. The number of rotatable bonds is 10. The van der Waals surface area contributed by atoms with Gasteiger partial charge in [0.15, 0.2) is 19.7 Å². The maximum Gasteiger partial charge on any atom is 0.312 e. The highest BCUT2D eigenvalue weighted by atomic mass is 35.5. The Morgan fingerprint density at radius 2 is 1.28 bits per heavy atom. The number of hydrogen-bond donors (Lipinski definition) is 2. The van der Waals surface area contributed by atoms with Gasteiger partial charge in [0, 0.05) is 17.8 Å². The second kappa shape index (κ2) is 11.2. The number of sulfone groups is 2. The third-order valence-corrected chi connectivity index (χ3v) is 9.85. The zero-order chi connectivity index (χ0) is 26.7. The van der Waals surface area contributed by atoms with Gasteiger partial charge < -0.3 is 10.4 Å². The molecule has 0 spiro atoms. The highest BCUT2D eigenvalue weighted by Crippen LogP contribution is 2.38. The Bertz CT molecular complexity index is 1450. The van der Waals surface area contributed by atoms with Gasteiger partial charge in [0.2, 0.25) is 0 Å². The second-order valence-corrected chi connectivity index (χ2v) is 13.4. The molecule has 7 nitrogen and oxygen atoms in total. The van der Waals surface area contributed by atoms with Crippen molar-refractivity contribution in [3.05, 3.63) is 76.3 Å². The average molecular weight is 571 g/mol. The van der Waals surface area contributed by atoms with Crippen LogP contribution in [0.1, 0.15) is 25.3 Å². The molecule has 0 heterocycles. The van der Waals surface area contributed by atoms with E-state index in [1.54, 1.807) is 38.1 Å². The number of aliphatic carboxylic acids is 1. The lowest BCUT2D eigenvalue weighted by Gasteiger charge is -2.17. The fraction of sp³-hybridized carbons (Fsp3) is 0.240. The minimum atomic E-state index is -3.39. The summed E-state index contributed by atoms with van der Waals surface area (Å²) in [7, 11) is -6.72. The van der Waals surface area contributed by atoms with E-state index in [9.17, 15) is 26.7 Å². The maximum absolute atomic E-state index is 12.1. The first-order valence-corrected chi connectivity index (χ1v) is 15.1. The van der Waals surface area contributed by atoms with Crippen molar-refractivity contribution >= 4 is 54.5 Å². The van der Waals surface area contributed by atoms with Crippen LogP contribution in [0, 0.1) is 0 Å². The SMILES string of the molecule is CCS(=O)(=O)c1ccc(-c2c(Cl)cc(NCC(C(=O)O)c3ccc(S(=O)(=O)CC)cc3)cc2Cl)cc1. The lowest BCUT2D eigenvalue weighted by atomic mass is 9.99. The van der Waals surface area contributed by atoms with Gasteiger partial charge in [-0.05, 0) is 47.5 Å². The Kier molecular flexibility index (Phi) is 8.71. The third-order valence-electron chi connectivity index (χ3n) is 5.75. The van der Waals surface area contributed by atoms with Crippen molar-refractivity contribution in [1.29, 1.82) is 0 Å². The van der Waals surface area contributed by atoms with Crippen molar-refractivity contribution in [2.45, 2.75) is 29.6 Å². The van der Waals surface area contributed by atoms with Crippen molar-refractivity contribution < 1.29 is 26.7 Å². The van der Waals surface area contributed by atoms with Crippen LogP contribution in [0.2, 0.25) is 10.0 Å². The summed E-state index contributed by atoms with van der Waals surface area (Å²) in [5.41, 5.74) is 2.10. The fourth-order valence-corrected chi connectivity index (χ4v) is 6.06. The second-order valence-electron chi connectivity index (χ2n) is 7.99. The number of carboxylic acid groups (broad SMARTS) is 1. The predicted molar refractivity (Wildman–Crippen MR) is 143 cm³/mol. The number of carbonyl (C=O) groups is 1. The van der Waals surface area contributed by atoms with E-state index in [2.05, 4.69) is 5.32 Å². The largest absolute Gasteiger partial charge is 0.481 e. The van der Waals surface area contributed by atoms with Crippen LogP contribution in [0.25, 0.3) is 11.1 Å². The van der Waals surface area contributed by atoms with Gasteiger partial charge in [-0.2, -0.15) is 0 Å². The van der Waals surface area contributed by atoms with Gasteiger partial charge >= 0.3 is 5.97 Å². The van der Waals surface area contributed by atoms with Crippen molar-refractivity contribution in [3.63, 3.8) is 0 Å². The molecule has 36 heavy (non-hydrogen) atoms. The monoisotopic (exact) mass is 569 g/mol. The van der Waals surface area contributed by atoms with E-state index < -0.39 is 31.6 Å². The molecule has 0 aliphatic rings. The van der Waals surface area contributed by atoms with Crippen molar-refractivity contribution in [3.8, 4) is 11.1 Å². The molecule has 0 aromatic heterocycles. The molecule has 0 saturated heterocycles. The molecule has 3 aromatic carbocycles. The van der Waals surface area contributed by atoms with Crippen LogP contribution in [0.3, 0.4) is 0 Å². The molecule has 0 aliphatic carbocycles. The Balaban J connectivity index is 1.81. The van der Waals surface area contributed by atoms with Crippen LogP contribution in [-0.2, 0) is 24.5 Å². The highest BCUT2D eigenvalue weighted by Gasteiger charge is 2.22. The Morgan fingerprint density at radius 1 is 0.833 bits per heavy atom. The summed E-state index contributed by atoms with van der Waals surface area (Å²) in [6.07, 6.45) is 0. The van der Waals surface area contributed by atoms with Crippen molar-refractivity contribution in [2.24, 2.45) is 0 Å². The molecule has 0 radical (unpaired) electrons. The van der Waals surface area contributed by atoms with Crippen LogP contribution < -0.4 is 5.32 Å². The van der Waals surface area contributed by atoms with Gasteiger partial charge in [-0.1, -0.05) is 61.3 Å². The summed E-state index contributed by atoms with van der Waals surface area (Å²) < 4.78 is 48.1. The number of carboxylic acids is 1. The molecule has 1 unspecified atom stereocenters. The Hall–Kier alpha value is -2.59. The van der Waals surface area contributed by atoms with Gasteiger partial charge in [-0.25, -0.2) is 16.8 Å². The molecule has 0 bridgehead atoms. The molecule has 3 rings (SSSR count). The van der Waals surface area contributed by atoms with E-state index >= 15 is 0 Å². The number of hydrogen-bond acceptors (Lipinski definition) is 6. The fourth-order valence-electron chi connectivity index (χ4n) is 3.59. The summed E-state index contributed by atoms with van der Waals surface area (Å²) in [5.74, 6) is -2.08. The molecule has 3 aromatic rings. The van der Waals surface area contributed by atoms with E-state index in [4.69, 9.17) is 23.2 Å². The summed E-state index contributed by atoms with van der Waals surface area (Å²) in [6, 6.07) is 15.3. The third kappa shape index (κ3) is 6.21. The quantitative estimate of drug-likeness (QED) is 0.329. The molecule has 0 amide bonds. The lowest BCUT2D eigenvalue weighted by Crippen LogP contribution is -2.21. The number of nitrogens with one attached hydrogen (secondary N) is 1. The first-order chi connectivity index (χ1) is 16.9. The molecular weight excluding hydrogens is 545 g/mol. The van der Waals surface area contributed by atoms with Gasteiger partial charge in [0.1, 0.15) is 0 Å². The molecule has 0 saturated carbocycles. The zero-order valence-corrected chi connectivity index (χ0v) is 22.7. The number of halogens is 2. The highest BCUT2D eigenvalue weighted by molar-refractivity contribution is 7.91. The number of benzene rings is 3. The van der Waals surface area contributed by atoms with Crippen LogP contribution in [0.5, 0.6) is 0 Å². The topological polar surface area (TPSA) is 118 Å². The predicted octanol–water partition coefficient (Wildman–Crippen LogP) is 5.53. The van der Waals surface area contributed by atoms with Crippen LogP contribution in [0.4, 0.5) is 5.69 Å². The first kappa shape index (κ1) is 28.0. The van der Waals surface area contributed by atoms with Crippen LogP contribution in [0.15, 0.2) is 70.5 Å². The Morgan fingerprint density at radius 3 is 1.69 bits per heavy atom. The molecule has 1 atom stereocenters. The molecule has 0 aliphatic heterocycles. The number of anilines is 1. The van der Waals surface area contributed by atoms with E-state index in [-0.39, 0.29) is 27.8 Å². The standard InChI is InChI=1S/C25H25Cl2NO6S2/c1-3-35(31,32)19-9-5-16(6-10-19)21(25(29)30)15-28-18-13-22(26)24(23(27)14-18)17-7-11-20(12-8-17)36(33,34)4-2/h5-14,21,28H,3-4,15H2,1-2H3,(H,29,30). The van der Waals surface area contributed by atoms with E-state index in [0.717, 1.165) is 0 Å². The van der Waals surface area contributed by atoms with Crippen LogP contribution in [-0.4, -0.2) is 46.0 Å². The van der Waals surface area contributed by atoms with Crippen molar-refractivity contribution in [1.82, 2.24) is 0 Å². The van der Waals surface area contributed by atoms with Gasteiger partial charge in [-0.3, -0.25) is 4.79 Å². The van der Waals surface area contributed by atoms with Crippen LogP contribution >= 0.6 is 23.2 Å². The minimum absolute atomic E-state index is 0.00475. The first-order valence-electron chi connectivity index (χ1n) is 11.0. The molecule has 0 fully saturated rings. The van der Waals surface area contributed by atoms with E-state index in [1.807, 2.05) is 0 Å². The summed E-state index contributed by atoms with van der Waals surface area (Å²) in [5, 5.41) is 13.4.